The number of phenolic OH excluding ortho intramolecular Hbond substituents is 2. The summed E-state index contributed by atoms with van der Waals surface area (Å²) in [6, 6.07) is 8.50. The molecule has 0 aromatic heterocycles. The number of benzene rings is 6. The van der Waals surface area contributed by atoms with Crippen molar-refractivity contribution >= 4 is 129 Å². The number of nitrogens with two attached hydrogens (primary N) is 2. The number of likely N-dealkylation sites (N-methyl/N-ethyl adjacent to an activating group) is 1. The van der Waals surface area contributed by atoms with Crippen LogP contribution in [0.15, 0.2) is 123 Å². The summed E-state index contributed by atoms with van der Waals surface area (Å²) in [6.45, 7) is 1.61. The molecular formula is C39H33Li2N7Na4O22S6. The fourth-order valence-corrected chi connectivity index (χ4v) is 10.3. The molecule has 41 heteroatoms. The molecule has 0 spiro atoms. The third kappa shape index (κ3) is 20.6. The second-order valence-electron chi connectivity index (χ2n) is 15.0. The third-order valence-electron chi connectivity index (χ3n) is 9.89. The molecule has 6 aromatic rings. The van der Waals surface area contributed by atoms with E-state index in [9.17, 15) is 88.0 Å². The first-order valence-corrected chi connectivity index (χ1v) is 28.1. The standard InChI is InChI=1S/C34H26N6O20S6.C5H13NO2.2Li.4Na/c35-22-13-20(61(43,44)45)8-17-10-27(65(55,56)57)31(33(41)29(17)22)39-37-19-5-4-16(25(12-19)63(49,50)51)3-1-15-2-6-24(26(7-15)64(52,53)54)38-40-32-28(66(58,59)60)11-18-9-21(62(46,47)48)14-23(36)30(18)34(32)42;1-6(2-4-7)3-5-8;;;;;;/h1-14,41-42H,35-36H2,(H,43,44,45)(H,46,47,48)(H,49,50,51)(H,52,53,54)(H,55,56,57)(H,58,59,60);7-8H,2-5H2,1H3;;;;;;/q;;6*+1/p-6/b3-1+,39-37?,40-38?;;;;;;;. The quantitative estimate of drug-likeness (QED) is 0.0172. The van der Waals surface area contributed by atoms with E-state index in [1.54, 1.807) is 0 Å². The summed E-state index contributed by atoms with van der Waals surface area (Å²) in [4.78, 5) is -4.92. The first kappa shape index (κ1) is 80.6. The van der Waals surface area contributed by atoms with E-state index in [1.165, 1.54) is 0 Å². The normalized spacial score (nSPS) is 12.2. The van der Waals surface area contributed by atoms with Crippen LogP contribution in [0.2, 0.25) is 0 Å². The van der Waals surface area contributed by atoms with E-state index in [2.05, 4.69) is 20.5 Å². The Balaban J connectivity index is 0. The Morgan fingerprint density at radius 1 is 0.487 bits per heavy atom. The zero-order valence-corrected chi connectivity index (χ0v) is 55.8. The molecule has 6 rings (SSSR count). The van der Waals surface area contributed by atoms with Crippen LogP contribution >= 0.6 is 0 Å². The largest absolute Gasteiger partial charge is 1.00 e. The number of rotatable bonds is 16. The zero-order chi connectivity index (χ0) is 55.7. The number of fused-ring (bicyclic) bond motifs is 2. The van der Waals surface area contributed by atoms with E-state index in [1.807, 2.05) is 11.9 Å². The van der Waals surface area contributed by atoms with Crippen LogP contribution in [0.25, 0.3) is 33.7 Å². The number of azo groups is 2. The Hall–Kier alpha value is -1.49. The van der Waals surface area contributed by atoms with Crippen molar-refractivity contribution in [1.29, 1.82) is 0 Å². The SMILES string of the molecule is CN(CCO)CCO.Nc1cc(S(=O)(=O)[O-])cc2cc(S(=O)(=O)[O-])c(N=Nc3ccc(/C=C/c4ccc(N=Nc5c(S(=O)(=O)[O-])cc6cc(S(=O)(=O)[O-])cc(N)c6c5O)c(S(=O)(=O)[O-])c4)c(S(=O)(=O)[O-])c3)c(O)c12.[Li+].[Li+].[Na+].[Na+].[Na+].[Na+]. The first-order valence-electron chi connectivity index (χ1n) is 19.6. The summed E-state index contributed by atoms with van der Waals surface area (Å²) >= 11 is 0. The van der Waals surface area contributed by atoms with Gasteiger partial charge >= 0.3 is 156 Å². The minimum absolute atomic E-state index is 0. The predicted octanol–water partition coefficient (Wildman–Crippen LogP) is -16.1. The molecule has 0 bridgehead atoms. The van der Waals surface area contributed by atoms with Crippen LogP contribution in [0.3, 0.4) is 0 Å². The van der Waals surface area contributed by atoms with Crippen molar-refractivity contribution in [3.8, 4) is 11.5 Å². The molecule has 0 saturated heterocycles. The van der Waals surface area contributed by atoms with Gasteiger partial charge < -0.3 is 64.1 Å². The molecule has 0 atom stereocenters. The molecule has 0 saturated carbocycles. The molecule has 0 fully saturated rings. The monoisotopic (exact) mass is 1250 g/mol. The summed E-state index contributed by atoms with van der Waals surface area (Å²) in [6.07, 6.45) is 1.90. The Kier molecular flexibility index (Phi) is 32.0. The summed E-state index contributed by atoms with van der Waals surface area (Å²) in [7, 11) is -30.7. The van der Waals surface area contributed by atoms with Crippen LogP contribution < -0.4 is 167 Å². The molecule has 0 unspecified atom stereocenters. The maximum atomic E-state index is 12.3. The molecule has 80 heavy (non-hydrogen) atoms. The number of phenols is 2. The number of aromatic hydroxyl groups is 2. The molecule has 0 aliphatic carbocycles. The van der Waals surface area contributed by atoms with Gasteiger partial charge in [0.15, 0.2) is 11.5 Å². The van der Waals surface area contributed by atoms with Gasteiger partial charge in [-0.15, -0.1) is 15.3 Å². The molecular weight excluding hydrogens is 1220 g/mol. The van der Waals surface area contributed by atoms with Crippen LogP contribution in [-0.4, -0.2) is 137 Å². The second-order valence-corrected chi connectivity index (χ2v) is 23.2. The smallest absolute Gasteiger partial charge is 0.744 e. The van der Waals surface area contributed by atoms with Crippen LogP contribution in [0.1, 0.15) is 11.1 Å². The van der Waals surface area contributed by atoms with Crippen molar-refractivity contribution < 1.29 is 254 Å². The van der Waals surface area contributed by atoms with Gasteiger partial charge in [-0.05, 0) is 89.6 Å². The molecule has 0 aliphatic heterocycles. The van der Waals surface area contributed by atoms with Crippen LogP contribution in [0, 0.1) is 0 Å². The van der Waals surface area contributed by atoms with Crippen molar-refractivity contribution in [2.24, 2.45) is 20.5 Å². The van der Waals surface area contributed by atoms with Crippen LogP contribution in [-0.2, 0) is 60.7 Å². The average Bonchev–Trinajstić information content (AvgIpc) is 3.26. The summed E-state index contributed by atoms with van der Waals surface area (Å²) < 4.78 is 216. The minimum Gasteiger partial charge on any atom is -0.744 e. The van der Waals surface area contributed by atoms with Gasteiger partial charge in [0.05, 0.1) is 48.3 Å². The van der Waals surface area contributed by atoms with E-state index in [0.717, 1.165) is 36.4 Å². The molecule has 0 aliphatic rings. The predicted molar refractivity (Wildman–Crippen MR) is 250 cm³/mol. The number of nitrogen functional groups attached to an aromatic ring is 2. The Morgan fingerprint density at radius 3 is 1.26 bits per heavy atom. The molecule has 0 amide bonds. The first-order chi connectivity index (χ1) is 34.0. The van der Waals surface area contributed by atoms with E-state index in [4.69, 9.17) is 21.7 Å². The fourth-order valence-electron chi connectivity index (χ4n) is 6.55. The minimum atomic E-state index is -5.62. The Bertz CT molecular complexity index is 4090. The van der Waals surface area contributed by atoms with Crippen molar-refractivity contribution in [3.63, 3.8) is 0 Å². The summed E-state index contributed by atoms with van der Waals surface area (Å²) in [5.41, 5.74) is 6.14. The van der Waals surface area contributed by atoms with Gasteiger partial charge in [0.2, 0.25) is 0 Å². The van der Waals surface area contributed by atoms with Crippen molar-refractivity contribution in [2.45, 2.75) is 29.4 Å². The molecule has 8 N–H and O–H groups in total. The summed E-state index contributed by atoms with van der Waals surface area (Å²) in [5, 5.41) is 50.5. The van der Waals surface area contributed by atoms with Crippen molar-refractivity contribution in [2.75, 3.05) is 44.8 Å². The molecule has 398 valence electrons. The van der Waals surface area contributed by atoms with E-state index in [0.29, 0.717) is 61.6 Å². The number of aliphatic hydroxyl groups excluding tert-OH is 2. The van der Waals surface area contributed by atoms with Gasteiger partial charge in [-0.1, -0.05) is 24.3 Å². The zero-order valence-electron chi connectivity index (χ0n) is 42.9. The number of nitrogens with zero attached hydrogens (tertiary/aromatic N) is 5. The average molecular weight is 1250 g/mol. The van der Waals surface area contributed by atoms with E-state index >= 15 is 0 Å². The fraction of sp³-hybridized carbons (Fsp3) is 0.128. The Labute approximate surface area is 569 Å². The second kappa shape index (κ2) is 31.8. The maximum Gasteiger partial charge on any atom is 1.00 e. The van der Waals surface area contributed by atoms with Crippen LogP contribution in [0.5, 0.6) is 11.5 Å². The molecule has 0 heterocycles. The van der Waals surface area contributed by atoms with E-state index < -0.39 is 163 Å². The van der Waals surface area contributed by atoms with E-state index in [-0.39, 0.29) is 175 Å². The number of hydrogen-bond acceptors (Lipinski definition) is 29. The number of hydrogen-bond donors (Lipinski definition) is 6. The number of anilines is 2. The van der Waals surface area contributed by atoms with Gasteiger partial charge in [0, 0.05) is 35.2 Å². The number of aliphatic hydroxyl groups is 2. The van der Waals surface area contributed by atoms with Gasteiger partial charge in [-0.2, -0.15) is 5.11 Å². The third-order valence-corrected chi connectivity index (χ3v) is 15.0. The topological polar surface area (TPSA) is 529 Å². The van der Waals surface area contributed by atoms with Gasteiger partial charge in [-0.3, -0.25) is 0 Å². The van der Waals surface area contributed by atoms with Crippen LogP contribution in [0.4, 0.5) is 34.1 Å². The molecule has 0 radical (unpaired) electrons. The van der Waals surface area contributed by atoms with Crippen molar-refractivity contribution in [1.82, 2.24) is 4.90 Å². The van der Waals surface area contributed by atoms with Crippen molar-refractivity contribution in [3.05, 3.63) is 83.9 Å². The maximum absolute atomic E-state index is 12.3. The van der Waals surface area contributed by atoms with Gasteiger partial charge in [0.1, 0.15) is 77.8 Å². The molecule has 29 nitrogen and oxygen atoms in total. The summed E-state index contributed by atoms with van der Waals surface area (Å²) in [5.74, 6) is -2.34. The van der Waals surface area contributed by atoms with Gasteiger partial charge in [0.25, 0.3) is 0 Å². The van der Waals surface area contributed by atoms with Gasteiger partial charge in [-0.25, -0.2) is 50.5 Å². The molecule has 6 aromatic carbocycles. The Morgan fingerprint density at radius 2 is 0.887 bits per heavy atom.